The van der Waals surface area contributed by atoms with Crippen LogP contribution in [0.2, 0.25) is 0 Å². The third kappa shape index (κ3) is 6.55. The fourth-order valence-corrected chi connectivity index (χ4v) is 5.54. The number of carbonyl (C=O) groups is 5. The van der Waals surface area contributed by atoms with Gasteiger partial charge in [0.25, 0.3) is 11.8 Å². The molecule has 2 saturated carbocycles. The maximum atomic E-state index is 12.4. The van der Waals surface area contributed by atoms with Crippen LogP contribution in [0.25, 0.3) is 0 Å². The van der Waals surface area contributed by atoms with Crippen molar-refractivity contribution < 1.29 is 38.2 Å². The quantitative estimate of drug-likeness (QED) is 0.431. The van der Waals surface area contributed by atoms with Gasteiger partial charge in [-0.3, -0.25) is 20.2 Å². The summed E-state index contributed by atoms with van der Waals surface area (Å²) in [5.41, 5.74) is -0.520. The van der Waals surface area contributed by atoms with Crippen LogP contribution in [0, 0.1) is 0 Å². The van der Waals surface area contributed by atoms with E-state index in [1.54, 1.807) is 20.8 Å². The van der Waals surface area contributed by atoms with Crippen molar-refractivity contribution in [2.75, 3.05) is 0 Å². The van der Waals surface area contributed by atoms with Gasteiger partial charge in [-0.05, 0) is 31.9 Å². The van der Waals surface area contributed by atoms with Crippen LogP contribution >= 0.6 is 0 Å². The number of ether oxygens (including phenoxy) is 3. The lowest BCUT2D eigenvalue weighted by Gasteiger charge is -2.46. The average molecular weight is 593 g/mol. The monoisotopic (exact) mass is 592 g/mol. The van der Waals surface area contributed by atoms with E-state index in [2.05, 4.69) is 16.0 Å². The van der Waals surface area contributed by atoms with Crippen LogP contribution in [0.15, 0.2) is 60.7 Å². The normalized spacial score (nSPS) is 27.5. The summed E-state index contributed by atoms with van der Waals surface area (Å²) < 4.78 is 16.8. The lowest BCUT2D eigenvalue weighted by Crippen LogP contribution is -2.63. The van der Waals surface area contributed by atoms with Crippen molar-refractivity contribution in [2.45, 2.75) is 88.6 Å². The van der Waals surface area contributed by atoms with E-state index in [1.165, 1.54) is 0 Å². The molecule has 228 valence electrons. The Hall–Kier alpha value is -4.29. The van der Waals surface area contributed by atoms with Crippen LogP contribution in [0.1, 0.15) is 57.6 Å². The number of amides is 7. The second-order valence-electron chi connectivity index (χ2n) is 12.3. The van der Waals surface area contributed by atoms with Gasteiger partial charge < -0.3 is 19.5 Å². The Kier molecular flexibility index (Phi) is 8.26. The molecule has 12 heteroatoms. The zero-order valence-corrected chi connectivity index (χ0v) is 24.4. The highest BCUT2D eigenvalue weighted by molar-refractivity contribution is 6.13. The number of hydrogen-bond donors (Lipinski definition) is 3. The van der Waals surface area contributed by atoms with Gasteiger partial charge in [0.15, 0.2) is 0 Å². The van der Waals surface area contributed by atoms with Crippen molar-refractivity contribution in [1.29, 1.82) is 0 Å². The highest BCUT2D eigenvalue weighted by Gasteiger charge is 2.64. The molecule has 4 aliphatic rings. The van der Waals surface area contributed by atoms with Crippen molar-refractivity contribution >= 4 is 30.0 Å². The van der Waals surface area contributed by atoms with Gasteiger partial charge in [-0.15, -0.1) is 0 Å². The molecule has 2 aliphatic heterocycles. The molecule has 0 atom stereocenters. The van der Waals surface area contributed by atoms with Gasteiger partial charge in [0.1, 0.15) is 16.7 Å². The molecule has 2 saturated heterocycles. The van der Waals surface area contributed by atoms with Crippen molar-refractivity contribution in [3.05, 3.63) is 71.8 Å². The Morgan fingerprint density at radius 2 is 1.30 bits per heavy atom. The Bertz CT molecular complexity index is 1380. The molecule has 43 heavy (non-hydrogen) atoms. The zero-order valence-electron chi connectivity index (χ0n) is 24.4. The van der Waals surface area contributed by atoms with Gasteiger partial charge in [-0.25, -0.2) is 19.3 Å². The minimum atomic E-state index is -1.19. The minimum absolute atomic E-state index is 0.0364. The summed E-state index contributed by atoms with van der Waals surface area (Å²) in [6.07, 6.45) is 0.691. The first-order chi connectivity index (χ1) is 20.4. The van der Waals surface area contributed by atoms with E-state index in [1.807, 2.05) is 60.7 Å². The Balaban J connectivity index is 0.000000180. The van der Waals surface area contributed by atoms with Gasteiger partial charge in [0, 0.05) is 25.7 Å². The molecular formula is C31H36N4O8. The summed E-state index contributed by atoms with van der Waals surface area (Å²) >= 11 is 0. The van der Waals surface area contributed by atoms with E-state index < -0.39 is 40.7 Å². The molecule has 6 rings (SSSR count). The molecule has 2 heterocycles. The lowest BCUT2D eigenvalue weighted by atomic mass is 9.73. The molecule has 0 bridgehead atoms. The first-order valence-corrected chi connectivity index (χ1v) is 14.2. The molecule has 12 nitrogen and oxygen atoms in total. The number of hydrogen-bond acceptors (Lipinski definition) is 8. The summed E-state index contributed by atoms with van der Waals surface area (Å²) in [7, 11) is 0. The Morgan fingerprint density at radius 1 is 0.791 bits per heavy atom. The van der Waals surface area contributed by atoms with Gasteiger partial charge in [0.05, 0.1) is 25.4 Å². The number of urea groups is 2. The summed E-state index contributed by atoms with van der Waals surface area (Å²) in [4.78, 5) is 60.2. The maximum Gasteiger partial charge on any atom is 0.419 e. The zero-order chi connectivity index (χ0) is 30.8. The standard InChI is InChI=1S/C18H22N2O5.C13H14N2O3/c1-17(2,3)25-16(23)20-15(22)19-14(21)18(20)9-13(10-18)24-11-12-7-5-4-6-8-12;16-11-13(15-12(17)14-11)6-10(7-13)18-8-9-4-2-1-3-5-9/h4-8,13H,9-11H2,1-3H3,(H,19,21,22);1-5,10H,6-8H2,(H2,14,15,16,17). The molecule has 2 spiro atoms. The fraction of sp³-hybridized carbons (Fsp3) is 0.452. The maximum absolute atomic E-state index is 12.4. The molecule has 0 radical (unpaired) electrons. The molecular weight excluding hydrogens is 556 g/mol. The molecule has 2 aliphatic carbocycles. The van der Waals surface area contributed by atoms with Gasteiger partial charge >= 0.3 is 18.2 Å². The number of carbonyl (C=O) groups excluding carboxylic acids is 5. The minimum Gasteiger partial charge on any atom is -0.443 e. The summed E-state index contributed by atoms with van der Waals surface area (Å²) in [6.45, 7) is 6.08. The number of rotatable bonds is 6. The number of imide groups is 3. The third-order valence-corrected chi connectivity index (χ3v) is 7.80. The van der Waals surface area contributed by atoms with E-state index in [0.29, 0.717) is 26.1 Å². The fourth-order valence-electron chi connectivity index (χ4n) is 5.54. The van der Waals surface area contributed by atoms with Crippen molar-refractivity contribution in [3.63, 3.8) is 0 Å². The van der Waals surface area contributed by atoms with Crippen molar-refractivity contribution in [1.82, 2.24) is 20.9 Å². The largest absolute Gasteiger partial charge is 0.443 e. The lowest BCUT2D eigenvalue weighted by molar-refractivity contribution is -0.143. The summed E-state index contributed by atoms with van der Waals surface area (Å²) in [5, 5.41) is 7.14. The molecule has 0 aromatic heterocycles. The highest BCUT2D eigenvalue weighted by Crippen LogP contribution is 2.44. The van der Waals surface area contributed by atoms with Crippen LogP contribution in [-0.4, -0.2) is 63.8 Å². The third-order valence-electron chi connectivity index (χ3n) is 7.80. The molecule has 4 fully saturated rings. The van der Waals surface area contributed by atoms with E-state index in [-0.39, 0.29) is 31.0 Å². The van der Waals surface area contributed by atoms with Crippen LogP contribution < -0.4 is 16.0 Å². The Morgan fingerprint density at radius 3 is 1.77 bits per heavy atom. The van der Waals surface area contributed by atoms with E-state index >= 15 is 0 Å². The predicted molar refractivity (Wildman–Crippen MR) is 152 cm³/mol. The second-order valence-corrected chi connectivity index (χ2v) is 12.3. The SMILES string of the molecule is CC(C)(C)OC(=O)N1C(=O)NC(=O)C12CC(OCc1ccccc1)C2.O=C1NC(=O)C2(CC(OCc3ccccc3)C2)N1. The van der Waals surface area contributed by atoms with Crippen molar-refractivity contribution in [2.24, 2.45) is 0 Å². The summed E-state index contributed by atoms with van der Waals surface area (Å²) in [5.74, 6) is -0.699. The number of nitrogens with one attached hydrogen (secondary N) is 3. The first-order valence-electron chi connectivity index (χ1n) is 14.2. The van der Waals surface area contributed by atoms with E-state index in [9.17, 15) is 24.0 Å². The van der Waals surface area contributed by atoms with Gasteiger partial charge in [-0.1, -0.05) is 60.7 Å². The van der Waals surface area contributed by atoms with Crippen LogP contribution in [0.5, 0.6) is 0 Å². The smallest absolute Gasteiger partial charge is 0.419 e. The van der Waals surface area contributed by atoms with Gasteiger partial charge in [-0.2, -0.15) is 0 Å². The second kappa shape index (κ2) is 11.8. The van der Waals surface area contributed by atoms with Crippen LogP contribution in [0.3, 0.4) is 0 Å². The van der Waals surface area contributed by atoms with Crippen molar-refractivity contribution in [3.8, 4) is 0 Å². The number of benzene rings is 2. The first kappa shape index (κ1) is 30.2. The molecule has 0 unspecified atom stereocenters. The molecule has 3 N–H and O–H groups in total. The van der Waals surface area contributed by atoms with Crippen LogP contribution in [-0.2, 0) is 37.0 Å². The molecule has 2 aromatic rings. The van der Waals surface area contributed by atoms with E-state index in [4.69, 9.17) is 14.2 Å². The highest BCUT2D eigenvalue weighted by atomic mass is 16.6. The predicted octanol–water partition coefficient (Wildman–Crippen LogP) is 3.54. The molecule has 2 aromatic carbocycles. The topological polar surface area (TPSA) is 152 Å². The van der Waals surface area contributed by atoms with Crippen LogP contribution in [0.4, 0.5) is 14.4 Å². The summed E-state index contributed by atoms with van der Waals surface area (Å²) in [6, 6.07) is 18.4. The van der Waals surface area contributed by atoms with E-state index in [0.717, 1.165) is 16.0 Å². The average Bonchev–Trinajstić information content (AvgIpc) is 3.36. The number of nitrogens with zero attached hydrogens (tertiary/aromatic N) is 1. The van der Waals surface area contributed by atoms with Gasteiger partial charge in [0.2, 0.25) is 0 Å². The Labute approximate surface area is 249 Å². The molecule has 7 amide bonds.